The zero-order chi connectivity index (χ0) is 18.0. The summed E-state index contributed by atoms with van der Waals surface area (Å²) in [6.07, 6.45) is -0.587. The lowest BCUT2D eigenvalue weighted by molar-refractivity contribution is -0.155. The molecule has 25 heavy (non-hydrogen) atoms. The Labute approximate surface area is 144 Å². The van der Waals surface area contributed by atoms with Gasteiger partial charge in [0.2, 0.25) is 5.91 Å². The zero-order valence-corrected chi connectivity index (χ0v) is 13.7. The lowest BCUT2D eigenvalue weighted by Gasteiger charge is -2.23. The number of benzene rings is 1. The van der Waals surface area contributed by atoms with Crippen LogP contribution >= 0.6 is 0 Å². The molecule has 2 fully saturated rings. The summed E-state index contributed by atoms with van der Waals surface area (Å²) in [4.78, 5) is 37.7. The molecule has 2 saturated heterocycles. The van der Waals surface area contributed by atoms with Crippen molar-refractivity contribution in [2.24, 2.45) is 11.7 Å². The van der Waals surface area contributed by atoms with Crippen molar-refractivity contribution < 1.29 is 23.9 Å². The van der Waals surface area contributed by atoms with Crippen LogP contribution in [0.1, 0.15) is 18.7 Å². The van der Waals surface area contributed by atoms with Crippen molar-refractivity contribution in [2.45, 2.75) is 25.2 Å². The van der Waals surface area contributed by atoms with Crippen molar-refractivity contribution in [3.63, 3.8) is 0 Å². The van der Waals surface area contributed by atoms with Gasteiger partial charge in [-0.15, -0.1) is 0 Å². The molecule has 0 aromatic heterocycles. The van der Waals surface area contributed by atoms with Crippen molar-refractivity contribution >= 4 is 17.9 Å². The molecule has 134 valence electrons. The van der Waals surface area contributed by atoms with Crippen LogP contribution in [0.4, 0.5) is 4.79 Å². The largest absolute Gasteiger partial charge is 0.465 e. The minimum Gasteiger partial charge on any atom is -0.465 e. The maximum atomic E-state index is 12.9. The van der Waals surface area contributed by atoms with Gasteiger partial charge in [0, 0.05) is 5.56 Å². The summed E-state index contributed by atoms with van der Waals surface area (Å²) in [6.45, 7) is 2.04. The first kappa shape index (κ1) is 17.2. The van der Waals surface area contributed by atoms with Crippen molar-refractivity contribution in [3.05, 3.63) is 35.9 Å². The van der Waals surface area contributed by atoms with E-state index in [1.54, 1.807) is 6.92 Å². The van der Waals surface area contributed by atoms with Crippen LogP contribution in [-0.4, -0.2) is 48.1 Å². The monoisotopic (exact) mass is 348 g/mol. The molecule has 9 heteroatoms. The number of esters is 1. The number of nitrogens with zero attached hydrogens (tertiary/aromatic N) is 1. The highest BCUT2D eigenvalue weighted by atomic mass is 16.5. The highest BCUT2D eigenvalue weighted by Gasteiger charge is 2.58. The second-order valence-electron chi connectivity index (χ2n) is 5.80. The number of hydrogen-bond acceptors (Lipinski definition) is 6. The summed E-state index contributed by atoms with van der Waals surface area (Å²) in [6, 6.07) is 7.31. The minimum absolute atomic E-state index is 0.155. The van der Waals surface area contributed by atoms with Crippen molar-refractivity contribution in [1.82, 2.24) is 15.8 Å². The van der Waals surface area contributed by atoms with Gasteiger partial charge in [0.25, 0.3) is 0 Å². The average Bonchev–Trinajstić information content (AvgIpc) is 3.13. The third-order valence-electron chi connectivity index (χ3n) is 4.32. The fourth-order valence-electron chi connectivity index (χ4n) is 3.30. The van der Waals surface area contributed by atoms with Gasteiger partial charge in [0.05, 0.1) is 25.3 Å². The first-order chi connectivity index (χ1) is 12.0. The van der Waals surface area contributed by atoms with Gasteiger partial charge < -0.3 is 20.1 Å². The van der Waals surface area contributed by atoms with Crippen LogP contribution in [0, 0.1) is 5.92 Å². The summed E-state index contributed by atoms with van der Waals surface area (Å²) >= 11 is 0. The van der Waals surface area contributed by atoms with Crippen LogP contribution in [0.3, 0.4) is 0 Å². The zero-order valence-electron chi connectivity index (χ0n) is 13.7. The average molecular weight is 348 g/mol. The number of ether oxygens (including phenoxy) is 2. The first-order valence-corrected chi connectivity index (χ1v) is 8.01. The molecule has 1 aromatic carbocycles. The van der Waals surface area contributed by atoms with E-state index in [0.29, 0.717) is 0 Å². The van der Waals surface area contributed by atoms with Crippen molar-refractivity contribution in [3.8, 4) is 0 Å². The van der Waals surface area contributed by atoms with Gasteiger partial charge in [0.15, 0.2) is 12.1 Å². The van der Waals surface area contributed by atoms with Crippen LogP contribution < -0.4 is 16.6 Å². The Bertz CT molecular complexity index is 668. The van der Waals surface area contributed by atoms with E-state index in [2.05, 4.69) is 10.9 Å². The normalized spacial score (nSPS) is 27.9. The predicted molar refractivity (Wildman–Crippen MR) is 85.5 cm³/mol. The van der Waals surface area contributed by atoms with E-state index in [-0.39, 0.29) is 13.2 Å². The van der Waals surface area contributed by atoms with E-state index in [0.717, 1.165) is 5.56 Å². The molecule has 0 spiro atoms. The van der Waals surface area contributed by atoms with Gasteiger partial charge in [0.1, 0.15) is 0 Å². The lowest BCUT2D eigenvalue weighted by Crippen LogP contribution is -2.54. The van der Waals surface area contributed by atoms with Crippen LogP contribution in [0.15, 0.2) is 30.3 Å². The second kappa shape index (κ2) is 7.08. The number of hydrogen-bond donors (Lipinski definition) is 3. The molecule has 0 saturated carbocycles. The summed E-state index contributed by atoms with van der Waals surface area (Å²) < 4.78 is 10.8. The van der Waals surface area contributed by atoms with Gasteiger partial charge in [-0.05, 0) is 6.92 Å². The number of urea groups is 1. The second-order valence-corrected chi connectivity index (χ2v) is 5.80. The summed E-state index contributed by atoms with van der Waals surface area (Å²) in [7, 11) is 0. The SMILES string of the molecule is CCOC(=O)C1C(=O)N2[C@@H](c3ccccc3)OC[C@@H]2C1NNC(N)=O. The molecule has 2 aliphatic heterocycles. The van der Waals surface area contributed by atoms with Crippen LogP contribution in [0.2, 0.25) is 0 Å². The van der Waals surface area contributed by atoms with E-state index in [1.807, 2.05) is 30.3 Å². The number of primary amides is 1. The van der Waals surface area contributed by atoms with E-state index in [1.165, 1.54) is 4.90 Å². The highest BCUT2D eigenvalue weighted by Crippen LogP contribution is 2.40. The number of rotatable bonds is 5. The number of nitrogens with two attached hydrogens (primary N) is 1. The third kappa shape index (κ3) is 3.15. The van der Waals surface area contributed by atoms with Crippen LogP contribution in [0.5, 0.6) is 0 Å². The number of amides is 3. The van der Waals surface area contributed by atoms with E-state index in [4.69, 9.17) is 15.2 Å². The Morgan fingerprint density at radius 3 is 2.72 bits per heavy atom. The van der Waals surface area contributed by atoms with Crippen molar-refractivity contribution in [1.29, 1.82) is 0 Å². The van der Waals surface area contributed by atoms with E-state index in [9.17, 15) is 14.4 Å². The van der Waals surface area contributed by atoms with E-state index >= 15 is 0 Å². The molecule has 0 bridgehead atoms. The lowest BCUT2D eigenvalue weighted by atomic mass is 9.99. The number of fused-ring (bicyclic) bond motifs is 1. The Hall–Kier alpha value is -2.65. The molecule has 1 aromatic rings. The van der Waals surface area contributed by atoms with Gasteiger partial charge in [-0.3, -0.25) is 15.0 Å². The highest BCUT2D eigenvalue weighted by molar-refractivity contribution is 6.01. The molecule has 4 atom stereocenters. The molecule has 2 heterocycles. The van der Waals surface area contributed by atoms with Crippen LogP contribution in [-0.2, 0) is 19.1 Å². The smallest absolute Gasteiger partial charge is 0.326 e. The number of nitrogens with one attached hydrogen (secondary N) is 2. The maximum absolute atomic E-state index is 12.9. The topological polar surface area (TPSA) is 123 Å². The molecule has 9 nitrogen and oxygen atoms in total. The Balaban J connectivity index is 1.88. The van der Waals surface area contributed by atoms with Gasteiger partial charge >= 0.3 is 12.0 Å². The maximum Gasteiger partial charge on any atom is 0.326 e. The van der Waals surface area contributed by atoms with Gasteiger partial charge in [-0.25, -0.2) is 10.2 Å². The molecule has 2 unspecified atom stereocenters. The van der Waals surface area contributed by atoms with Gasteiger partial charge in [-0.2, -0.15) is 0 Å². The quantitative estimate of drug-likeness (QED) is 0.380. The van der Waals surface area contributed by atoms with Crippen molar-refractivity contribution in [2.75, 3.05) is 13.2 Å². The van der Waals surface area contributed by atoms with Crippen LogP contribution in [0.25, 0.3) is 0 Å². The standard InChI is InChI=1S/C16H20N4O5/c1-2-24-15(22)11-12(18-19-16(17)23)10-8-25-14(20(10)13(11)21)9-6-4-3-5-7-9/h3-7,10-12,14,18H,2,8H2,1H3,(H3,17,19,23)/t10-,11?,12?,14-/m1/s1. The first-order valence-electron chi connectivity index (χ1n) is 8.01. The molecule has 4 N–H and O–H groups in total. The molecule has 3 amide bonds. The Morgan fingerprint density at radius 2 is 2.08 bits per heavy atom. The molecular weight excluding hydrogens is 328 g/mol. The molecule has 0 aliphatic carbocycles. The Morgan fingerprint density at radius 1 is 1.36 bits per heavy atom. The summed E-state index contributed by atoms with van der Waals surface area (Å²) in [5.74, 6) is -2.12. The van der Waals surface area contributed by atoms with E-state index < -0.39 is 42.1 Å². The predicted octanol–water partition coefficient (Wildman–Crippen LogP) is -0.353. The third-order valence-corrected chi connectivity index (χ3v) is 4.32. The fraction of sp³-hybridized carbons (Fsp3) is 0.438. The minimum atomic E-state index is -1.08. The number of hydrazine groups is 1. The fourth-order valence-corrected chi connectivity index (χ4v) is 3.30. The van der Waals surface area contributed by atoms with Gasteiger partial charge in [-0.1, -0.05) is 30.3 Å². The molecule has 3 rings (SSSR count). The summed E-state index contributed by atoms with van der Waals surface area (Å²) in [5, 5.41) is 0. The number of carbonyl (C=O) groups excluding carboxylic acids is 3. The number of carbonyl (C=O) groups is 3. The molecular formula is C16H20N4O5. The molecule has 2 aliphatic rings. The summed E-state index contributed by atoms with van der Waals surface area (Å²) in [5.41, 5.74) is 10.8. The Kier molecular flexibility index (Phi) is 4.86. The molecule has 0 radical (unpaired) electrons.